The van der Waals surface area contributed by atoms with E-state index in [2.05, 4.69) is 25.3 Å². The molecule has 0 aliphatic heterocycles. The van der Waals surface area contributed by atoms with Crippen molar-refractivity contribution in [3.8, 4) is 0 Å². The number of carbonyl (C=O) groups is 2. The molecule has 0 atom stereocenters. The summed E-state index contributed by atoms with van der Waals surface area (Å²) in [6.07, 6.45) is 2.87. The van der Waals surface area contributed by atoms with Crippen LogP contribution in [0.2, 0.25) is 0 Å². The molecule has 0 saturated heterocycles. The molecular weight excluding hydrogens is 344 g/mol. The van der Waals surface area contributed by atoms with Crippen molar-refractivity contribution in [2.24, 2.45) is 0 Å². The molecule has 7 heteroatoms. The highest BCUT2D eigenvalue weighted by Crippen LogP contribution is 2.16. The van der Waals surface area contributed by atoms with E-state index in [0.29, 0.717) is 17.1 Å². The van der Waals surface area contributed by atoms with Crippen LogP contribution in [0.25, 0.3) is 0 Å². The highest BCUT2D eigenvalue weighted by atomic mass is 16.5. The van der Waals surface area contributed by atoms with Crippen LogP contribution in [0.1, 0.15) is 26.4 Å². The quantitative estimate of drug-likeness (QED) is 0.674. The Morgan fingerprint density at radius 2 is 1.56 bits per heavy atom. The number of amides is 1. The second kappa shape index (κ2) is 8.09. The Kier molecular flexibility index (Phi) is 5.41. The molecule has 0 radical (unpaired) electrons. The second-order valence-electron chi connectivity index (χ2n) is 5.80. The van der Waals surface area contributed by atoms with Crippen LogP contribution in [0.15, 0.2) is 60.9 Å². The fraction of sp³-hybridized carbons (Fsp3) is 0.100. The Morgan fingerprint density at radius 1 is 0.889 bits per heavy atom. The minimum atomic E-state index is -0.398. The first-order chi connectivity index (χ1) is 13.0. The van der Waals surface area contributed by atoms with Gasteiger partial charge < -0.3 is 15.4 Å². The summed E-state index contributed by atoms with van der Waals surface area (Å²) >= 11 is 0. The number of nitrogens with one attached hydrogen (secondary N) is 2. The number of carbonyl (C=O) groups excluding carboxylic acids is 2. The summed E-state index contributed by atoms with van der Waals surface area (Å²) in [5.74, 6) is -0.252. The maximum atomic E-state index is 12.2. The Bertz CT molecular complexity index is 936. The van der Waals surface area contributed by atoms with Crippen molar-refractivity contribution in [1.82, 2.24) is 9.97 Å². The van der Waals surface area contributed by atoms with Crippen LogP contribution in [0.4, 0.5) is 17.2 Å². The zero-order valence-electron chi connectivity index (χ0n) is 14.9. The third kappa shape index (κ3) is 4.66. The predicted molar refractivity (Wildman–Crippen MR) is 102 cm³/mol. The minimum Gasteiger partial charge on any atom is -0.465 e. The molecule has 3 rings (SSSR count). The van der Waals surface area contributed by atoms with E-state index in [9.17, 15) is 9.59 Å². The molecule has 136 valence electrons. The van der Waals surface area contributed by atoms with Gasteiger partial charge in [-0.2, -0.15) is 0 Å². The van der Waals surface area contributed by atoms with Gasteiger partial charge in [0.15, 0.2) is 0 Å². The summed E-state index contributed by atoms with van der Waals surface area (Å²) in [5.41, 5.74) is 3.20. The van der Waals surface area contributed by atoms with Crippen LogP contribution in [0.5, 0.6) is 0 Å². The van der Waals surface area contributed by atoms with Gasteiger partial charge in [-0.25, -0.2) is 14.8 Å². The largest absolute Gasteiger partial charge is 0.465 e. The smallest absolute Gasteiger partial charge is 0.337 e. The number of aromatic nitrogens is 2. The Hall–Kier alpha value is -3.74. The van der Waals surface area contributed by atoms with E-state index in [1.807, 2.05) is 31.2 Å². The lowest BCUT2D eigenvalue weighted by Gasteiger charge is -2.08. The molecule has 0 fully saturated rings. The summed E-state index contributed by atoms with van der Waals surface area (Å²) < 4.78 is 4.66. The molecule has 27 heavy (non-hydrogen) atoms. The van der Waals surface area contributed by atoms with E-state index < -0.39 is 5.97 Å². The molecular formula is C20H18N4O3. The van der Waals surface area contributed by atoms with Crippen molar-refractivity contribution in [3.05, 3.63) is 77.7 Å². The van der Waals surface area contributed by atoms with Gasteiger partial charge in [-0.3, -0.25) is 4.79 Å². The number of rotatable bonds is 5. The number of esters is 1. The summed E-state index contributed by atoms with van der Waals surface area (Å²) in [6, 6.07) is 14.2. The van der Waals surface area contributed by atoms with Crippen LogP contribution in [-0.4, -0.2) is 29.0 Å². The lowest BCUT2D eigenvalue weighted by molar-refractivity contribution is 0.0600. The molecule has 0 bridgehead atoms. The molecule has 1 aromatic heterocycles. The molecule has 0 spiro atoms. The zero-order chi connectivity index (χ0) is 19.2. The highest BCUT2D eigenvalue weighted by Gasteiger charge is 2.09. The van der Waals surface area contributed by atoms with E-state index in [1.165, 1.54) is 19.5 Å². The molecule has 0 aliphatic rings. The first-order valence-corrected chi connectivity index (χ1v) is 8.20. The molecule has 2 N–H and O–H groups in total. The van der Waals surface area contributed by atoms with Crippen LogP contribution >= 0.6 is 0 Å². The summed E-state index contributed by atoms with van der Waals surface area (Å²) in [4.78, 5) is 32.0. The number of aryl methyl sites for hydroxylation is 1. The van der Waals surface area contributed by atoms with Crippen LogP contribution in [0.3, 0.4) is 0 Å². The maximum absolute atomic E-state index is 12.2. The summed E-state index contributed by atoms with van der Waals surface area (Å²) in [6.45, 7) is 1.98. The first-order valence-electron chi connectivity index (χ1n) is 8.20. The monoisotopic (exact) mass is 362 g/mol. The van der Waals surface area contributed by atoms with Gasteiger partial charge in [-0.05, 0) is 43.3 Å². The van der Waals surface area contributed by atoms with Gasteiger partial charge in [0.25, 0.3) is 5.91 Å². The van der Waals surface area contributed by atoms with Crippen molar-refractivity contribution in [2.75, 3.05) is 17.7 Å². The number of methoxy groups -OCH3 is 1. The fourth-order valence-corrected chi connectivity index (χ4v) is 2.30. The van der Waals surface area contributed by atoms with Crippen LogP contribution in [0, 0.1) is 6.92 Å². The van der Waals surface area contributed by atoms with E-state index in [-0.39, 0.29) is 11.6 Å². The topological polar surface area (TPSA) is 93.2 Å². The van der Waals surface area contributed by atoms with Gasteiger partial charge in [0, 0.05) is 11.4 Å². The SMILES string of the molecule is COC(=O)c1ccc(Nc2cnc(C(=O)Nc3ccc(C)cc3)cn2)cc1. The van der Waals surface area contributed by atoms with Crippen LogP contribution in [-0.2, 0) is 4.74 Å². The van der Waals surface area contributed by atoms with Crippen molar-refractivity contribution in [2.45, 2.75) is 6.92 Å². The standard InChI is InChI=1S/C20H18N4O3/c1-13-3-7-16(8-4-13)24-19(25)17-11-22-18(12-21-17)23-15-9-5-14(6-10-15)20(26)27-2/h3-12H,1-2H3,(H,22,23)(H,24,25). The molecule has 0 unspecified atom stereocenters. The van der Waals surface area contributed by atoms with Gasteiger partial charge in [-0.15, -0.1) is 0 Å². The number of ether oxygens (including phenoxy) is 1. The van der Waals surface area contributed by atoms with Crippen molar-refractivity contribution in [3.63, 3.8) is 0 Å². The third-order valence-electron chi connectivity index (χ3n) is 3.77. The third-order valence-corrected chi connectivity index (χ3v) is 3.77. The molecule has 2 aromatic carbocycles. The normalized spacial score (nSPS) is 10.1. The lowest BCUT2D eigenvalue weighted by Crippen LogP contribution is -2.14. The fourth-order valence-electron chi connectivity index (χ4n) is 2.30. The van der Waals surface area contributed by atoms with Gasteiger partial charge in [-0.1, -0.05) is 17.7 Å². The Balaban J connectivity index is 1.63. The minimum absolute atomic E-state index is 0.210. The van der Waals surface area contributed by atoms with Crippen molar-refractivity contribution in [1.29, 1.82) is 0 Å². The average Bonchev–Trinajstić information content (AvgIpc) is 2.70. The second-order valence-corrected chi connectivity index (χ2v) is 5.80. The molecule has 7 nitrogen and oxygen atoms in total. The molecule has 0 saturated carbocycles. The number of hydrogen-bond acceptors (Lipinski definition) is 6. The summed E-state index contributed by atoms with van der Waals surface area (Å²) in [7, 11) is 1.33. The van der Waals surface area contributed by atoms with E-state index >= 15 is 0 Å². The average molecular weight is 362 g/mol. The first kappa shape index (κ1) is 18.1. The summed E-state index contributed by atoms with van der Waals surface area (Å²) in [5, 5.41) is 5.82. The number of nitrogens with zero attached hydrogens (tertiary/aromatic N) is 2. The van der Waals surface area contributed by atoms with E-state index in [4.69, 9.17) is 0 Å². The number of anilines is 3. The van der Waals surface area contributed by atoms with E-state index in [1.54, 1.807) is 24.3 Å². The molecule has 1 amide bonds. The maximum Gasteiger partial charge on any atom is 0.337 e. The van der Waals surface area contributed by atoms with Crippen LogP contribution < -0.4 is 10.6 Å². The molecule has 3 aromatic rings. The zero-order valence-corrected chi connectivity index (χ0v) is 14.9. The Labute approximate surface area is 156 Å². The lowest BCUT2D eigenvalue weighted by atomic mass is 10.2. The van der Waals surface area contributed by atoms with Gasteiger partial charge >= 0.3 is 5.97 Å². The van der Waals surface area contributed by atoms with Crippen molar-refractivity contribution >= 4 is 29.1 Å². The van der Waals surface area contributed by atoms with E-state index in [0.717, 1.165) is 11.3 Å². The van der Waals surface area contributed by atoms with Gasteiger partial charge in [0.1, 0.15) is 11.5 Å². The Morgan fingerprint density at radius 3 is 2.15 bits per heavy atom. The predicted octanol–water partition coefficient (Wildman–Crippen LogP) is 3.57. The van der Waals surface area contributed by atoms with Crippen molar-refractivity contribution < 1.29 is 14.3 Å². The highest BCUT2D eigenvalue weighted by molar-refractivity contribution is 6.02. The molecule has 1 heterocycles. The van der Waals surface area contributed by atoms with Gasteiger partial charge in [0.2, 0.25) is 0 Å². The number of benzene rings is 2. The number of hydrogen-bond donors (Lipinski definition) is 2. The molecule has 0 aliphatic carbocycles. The van der Waals surface area contributed by atoms with Gasteiger partial charge in [0.05, 0.1) is 25.1 Å².